The number of rotatable bonds is 15. The molecule has 0 aliphatic carbocycles. The Morgan fingerprint density at radius 2 is 1.56 bits per heavy atom. The third kappa shape index (κ3) is 8.77. The highest BCUT2D eigenvalue weighted by molar-refractivity contribution is 5.96. The number of carbonyl (C=O) groups excluding carboxylic acids is 2. The molecule has 0 saturated carbocycles. The molecule has 0 saturated heterocycles. The number of aromatic carboxylic acids is 1. The van der Waals surface area contributed by atoms with Gasteiger partial charge in [0.05, 0.1) is 11.7 Å². The van der Waals surface area contributed by atoms with Crippen LogP contribution in [0.25, 0.3) is 11.1 Å². The van der Waals surface area contributed by atoms with Crippen molar-refractivity contribution in [3.63, 3.8) is 0 Å². The summed E-state index contributed by atoms with van der Waals surface area (Å²) in [7, 11) is 0. The summed E-state index contributed by atoms with van der Waals surface area (Å²) in [4.78, 5) is 36.6. The molecule has 7 heteroatoms. The molecule has 36 heavy (non-hydrogen) atoms. The Labute approximate surface area is 212 Å². The van der Waals surface area contributed by atoms with E-state index in [0.717, 1.165) is 44.9 Å². The Morgan fingerprint density at radius 3 is 2.19 bits per heavy atom. The number of halogens is 1. The standard InChI is InChI=1S/C29H37FO6/c1-4-6-7-8-9-10-15-25(30)29(34)36-26-23(13-11-14-24(26)27(31)32)21-16-18-22(19-17-21)28(33)35-20(3)12-5-2/h11,13-14,16-20,25H,4-10,12,15H2,1-3H3,(H,31,32)/t20?,25-/m1/s1. The summed E-state index contributed by atoms with van der Waals surface area (Å²) in [6.45, 7) is 5.96. The quantitative estimate of drug-likeness (QED) is 0.156. The van der Waals surface area contributed by atoms with Gasteiger partial charge in [-0.3, -0.25) is 0 Å². The first-order valence-corrected chi connectivity index (χ1v) is 12.8. The average Bonchev–Trinajstić information content (AvgIpc) is 2.86. The number of benzene rings is 2. The van der Waals surface area contributed by atoms with E-state index in [4.69, 9.17) is 9.47 Å². The molecular formula is C29H37FO6. The van der Waals surface area contributed by atoms with Gasteiger partial charge >= 0.3 is 17.9 Å². The summed E-state index contributed by atoms with van der Waals surface area (Å²) >= 11 is 0. The highest BCUT2D eigenvalue weighted by Gasteiger charge is 2.25. The lowest BCUT2D eigenvalue weighted by Crippen LogP contribution is -2.23. The summed E-state index contributed by atoms with van der Waals surface area (Å²) in [5, 5.41) is 9.63. The molecule has 0 bridgehead atoms. The van der Waals surface area contributed by atoms with Gasteiger partial charge in [0, 0.05) is 5.56 Å². The zero-order chi connectivity index (χ0) is 26.5. The lowest BCUT2D eigenvalue weighted by atomic mass is 10.00. The van der Waals surface area contributed by atoms with Gasteiger partial charge in [0.2, 0.25) is 0 Å². The van der Waals surface area contributed by atoms with Crippen molar-refractivity contribution in [2.75, 3.05) is 0 Å². The highest BCUT2D eigenvalue weighted by Crippen LogP contribution is 2.34. The maximum atomic E-state index is 14.6. The number of hydrogen-bond donors (Lipinski definition) is 1. The zero-order valence-corrected chi connectivity index (χ0v) is 21.4. The number of unbranched alkanes of at least 4 members (excludes halogenated alkanes) is 5. The Balaban J connectivity index is 2.17. The van der Waals surface area contributed by atoms with E-state index in [2.05, 4.69) is 6.92 Å². The first kappa shape index (κ1) is 29.0. The zero-order valence-electron chi connectivity index (χ0n) is 21.4. The first-order chi connectivity index (χ1) is 17.3. The van der Waals surface area contributed by atoms with E-state index in [9.17, 15) is 23.9 Å². The van der Waals surface area contributed by atoms with Crippen molar-refractivity contribution < 1.29 is 33.4 Å². The van der Waals surface area contributed by atoms with Gasteiger partial charge in [-0.05, 0) is 49.9 Å². The van der Waals surface area contributed by atoms with Gasteiger partial charge < -0.3 is 14.6 Å². The summed E-state index contributed by atoms with van der Waals surface area (Å²) in [5.74, 6) is -3.07. The Bertz CT molecular complexity index is 1000. The highest BCUT2D eigenvalue weighted by atomic mass is 19.1. The van der Waals surface area contributed by atoms with Gasteiger partial charge in [0.15, 0.2) is 11.9 Å². The Morgan fingerprint density at radius 1 is 0.889 bits per heavy atom. The molecule has 2 aromatic rings. The minimum Gasteiger partial charge on any atom is -0.478 e. The molecular weight excluding hydrogens is 463 g/mol. The first-order valence-electron chi connectivity index (χ1n) is 12.8. The topological polar surface area (TPSA) is 89.9 Å². The minimum absolute atomic E-state index is 0.0305. The van der Waals surface area contributed by atoms with E-state index in [1.807, 2.05) is 13.8 Å². The van der Waals surface area contributed by atoms with Crippen LogP contribution in [-0.2, 0) is 9.53 Å². The summed E-state index contributed by atoms with van der Waals surface area (Å²) in [5.41, 5.74) is 0.932. The lowest BCUT2D eigenvalue weighted by Gasteiger charge is -2.15. The normalized spacial score (nSPS) is 12.6. The number of ether oxygens (including phenoxy) is 2. The minimum atomic E-state index is -1.84. The van der Waals surface area contributed by atoms with Crippen LogP contribution in [0.15, 0.2) is 42.5 Å². The third-order valence-electron chi connectivity index (χ3n) is 5.95. The van der Waals surface area contributed by atoms with Crippen molar-refractivity contribution in [2.45, 2.75) is 90.8 Å². The van der Waals surface area contributed by atoms with E-state index in [-0.39, 0.29) is 23.8 Å². The maximum Gasteiger partial charge on any atom is 0.346 e. The monoisotopic (exact) mass is 500 g/mol. The van der Waals surface area contributed by atoms with Crippen molar-refractivity contribution >= 4 is 17.9 Å². The number of carboxylic acid groups (broad SMARTS) is 1. The van der Waals surface area contributed by atoms with Crippen LogP contribution in [0.2, 0.25) is 0 Å². The molecule has 0 aliphatic heterocycles. The average molecular weight is 501 g/mol. The predicted octanol–water partition coefficient (Wildman–Crippen LogP) is 7.39. The van der Waals surface area contributed by atoms with Gasteiger partial charge in [-0.15, -0.1) is 0 Å². The smallest absolute Gasteiger partial charge is 0.346 e. The molecule has 196 valence electrons. The van der Waals surface area contributed by atoms with Crippen LogP contribution in [0.5, 0.6) is 5.75 Å². The molecule has 1 N–H and O–H groups in total. The van der Waals surface area contributed by atoms with Crippen molar-refractivity contribution in [3.8, 4) is 16.9 Å². The molecule has 0 amide bonds. The number of hydrogen-bond acceptors (Lipinski definition) is 5. The molecule has 2 aromatic carbocycles. The molecule has 0 aliphatic rings. The second kappa shape index (κ2) is 15.0. The van der Waals surface area contributed by atoms with Crippen LogP contribution in [0.4, 0.5) is 4.39 Å². The maximum absolute atomic E-state index is 14.6. The van der Waals surface area contributed by atoms with Crippen molar-refractivity contribution in [1.82, 2.24) is 0 Å². The van der Waals surface area contributed by atoms with E-state index < -0.39 is 24.1 Å². The fraction of sp³-hybridized carbons (Fsp3) is 0.483. The van der Waals surface area contributed by atoms with Crippen LogP contribution in [-0.4, -0.2) is 35.3 Å². The van der Waals surface area contributed by atoms with Crippen LogP contribution >= 0.6 is 0 Å². The van der Waals surface area contributed by atoms with Crippen LogP contribution in [0.3, 0.4) is 0 Å². The van der Waals surface area contributed by atoms with Gasteiger partial charge in [0.1, 0.15) is 5.56 Å². The number of esters is 2. The van der Waals surface area contributed by atoms with Crippen LogP contribution in [0.1, 0.15) is 99.3 Å². The van der Waals surface area contributed by atoms with Gasteiger partial charge in [0.25, 0.3) is 0 Å². The summed E-state index contributed by atoms with van der Waals surface area (Å²) < 4.78 is 25.3. The Kier molecular flexibility index (Phi) is 12.1. The summed E-state index contributed by atoms with van der Waals surface area (Å²) in [6.07, 6.45) is 5.36. The lowest BCUT2D eigenvalue weighted by molar-refractivity contribution is -0.140. The molecule has 6 nitrogen and oxygen atoms in total. The van der Waals surface area contributed by atoms with Crippen molar-refractivity contribution in [2.24, 2.45) is 0 Å². The van der Waals surface area contributed by atoms with Crippen molar-refractivity contribution in [1.29, 1.82) is 0 Å². The number of carbonyl (C=O) groups is 3. The third-order valence-corrected chi connectivity index (χ3v) is 5.95. The molecule has 0 heterocycles. The second-order valence-corrected chi connectivity index (χ2v) is 9.01. The van der Waals surface area contributed by atoms with Crippen molar-refractivity contribution in [3.05, 3.63) is 53.6 Å². The fourth-order valence-electron chi connectivity index (χ4n) is 3.93. The van der Waals surface area contributed by atoms with Gasteiger partial charge in [-0.25, -0.2) is 18.8 Å². The molecule has 2 rings (SSSR count). The van der Waals surface area contributed by atoms with Gasteiger partial charge in [-0.1, -0.05) is 76.6 Å². The number of para-hydroxylation sites is 1. The largest absolute Gasteiger partial charge is 0.478 e. The second-order valence-electron chi connectivity index (χ2n) is 9.01. The van der Waals surface area contributed by atoms with E-state index in [0.29, 0.717) is 23.1 Å². The predicted molar refractivity (Wildman–Crippen MR) is 137 cm³/mol. The summed E-state index contributed by atoms with van der Waals surface area (Å²) in [6, 6.07) is 10.8. The van der Waals surface area contributed by atoms with E-state index in [1.54, 1.807) is 30.3 Å². The number of carboxylic acids is 1. The van der Waals surface area contributed by atoms with Gasteiger partial charge in [-0.2, -0.15) is 0 Å². The molecule has 0 aromatic heterocycles. The van der Waals surface area contributed by atoms with E-state index in [1.165, 1.54) is 12.1 Å². The molecule has 1 unspecified atom stereocenters. The Hall–Kier alpha value is -3.22. The SMILES string of the molecule is CCCCCCCC[C@@H](F)C(=O)Oc1c(C(=O)O)cccc1-c1ccc(C(=O)OC(C)CCC)cc1. The molecule has 0 radical (unpaired) electrons. The van der Waals surface area contributed by atoms with E-state index >= 15 is 0 Å². The van der Waals surface area contributed by atoms with Crippen LogP contribution in [0, 0.1) is 0 Å². The number of alkyl halides is 1. The molecule has 0 spiro atoms. The molecule has 2 atom stereocenters. The molecule has 0 fully saturated rings. The van der Waals surface area contributed by atoms with Crippen LogP contribution < -0.4 is 4.74 Å². The fourth-order valence-corrected chi connectivity index (χ4v) is 3.93.